The smallest absolute Gasteiger partial charge is 0.343 e. The first-order valence-corrected chi connectivity index (χ1v) is 9.97. The predicted molar refractivity (Wildman–Crippen MR) is 111 cm³/mol. The Balaban J connectivity index is 2.02. The highest BCUT2D eigenvalue weighted by molar-refractivity contribution is 7.13. The number of hydrogen-bond donors (Lipinski definition) is 3. The van der Waals surface area contributed by atoms with Gasteiger partial charge in [-0.3, -0.25) is 0 Å². The van der Waals surface area contributed by atoms with Crippen LogP contribution in [0.25, 0.3) is 17.0 Å². The van der Waals surface area contributed by atoms with Crippen LogP contribution in [-0.2, 0) is 9.53 Å². The number of phenolic OH excluding ortho intramolecular Hbond substituents is 2. The summed E-state index contributed by atoms with van der Waals surface area (Å²) in [6.45, 7) is 1.30. The molecule has 3 rings (SSSR count). The number of esters is 1. The largest absolute Gasteiger partial charge is 0.506 e. The molecule has 3 aromatic rings. The van der Waals surface area contributed by atoms with Gasteiger partial charge < -0.3 is 20.1 Å². The van der Waals surface area contributed by atoms with Crippen LogP contribution >= 0.6 is 11.3 Å². The average molecular weight is 482 g/mol. The van der Waals surface area contributed by atoms with E-state index in [9.17, 15) is 37.7 Å². The summed E-state index contributed by atoms with van der Waals surface area (Å²) < 4.78 is 59.2. The van der Waals surface area contributed by atoms with Crippen LogP contribution in [0.15, 0.2) is 40.2 Å². The van der Waals surface area contributed by atoms with Crippen LogP contribution < -0.4 is 0 Å². The van der Waals surface area contributed by atoms with Gasteiger partial charge in [-0.1, -0.05) is 0 Å². The summed E-state index contributed by atoms with van der Waals surface area (Å²) in [5, 5.41) is 30.9. The van der Waals surface area contributed by atoms with Gasteiger partial charge >= 0.3 is 5.97 Å². The lowest BCUT2D eigenvalue weighted by Gasteiger charge is -2.09. The number of aliphatic hydroxyl groups excluding tert-OH is 1. The summed E-state index contributed by atoms with van der Waals surface area (Å²) in [5.41, 5.74) is -1.09. The molecule has 3 N–H and O–H groups in total. The van der Waals surface area contributed by atoms with Crippen molar-refractivity contribution in [2.45, 2.75) is 6.92 Å². The van der Waals surface area contributed by atoms with Gasteiger partial charge in [0.25, 0.3) is 0 Å². The second-order valence-corrected chi connectivity index (χ2v) is 7.14. The molecule has 0 saturated heterocycles. The summed E-state index contributed by atoms with van der Waals surface area (Å²) in [4.78, 5) is 20.3. The van der Waals surface area contributed by atoms with Crippen molar-refractivity contribution in [2.75, 3.05) is 6.61 Å². The van der Waals surface area contributed by atoms with Crippen molar-refractivity contribution >= 4 is 34.4 Å². The number of nitrogens with zero attached hydrogens (tertiary/aromatic N) is 2. The number of aromatic nitrogens is 1. The minimum Gasteiger partial charge on any atom is -0.506 e. The number of aromatic hydroxyl groups is 2. The third-order valence-electron chi connectivity index (χ3n) is 4.18. The van der Waals surface area contributed by atoms with E-state index in [4.69, 9.17) is 4.74 Å². The summed E-state index contributed by atoms with van der Waals surface area (Å²) in [7, 11) is 0. The van der Waals surface area contributed by atoms with Crippen LogP contribution in [0.2, 0.25) is 0 Å². The molecule has 7 nitrogen and oxygen atoms in total. The van der Waals surface area contributed by atoms with Crippen molar-refractivity contribution < 1.29 is 42.4 Å². The lowest BCUT2D eigenvalue weighted by molar-refractivity contribution is -0.137. The Bertz CT molecular complexity index is 1290. The minimum absolute atomic E-state index is 0.0455. The Labute approximate surface area is 187 Å². The predicted octanol–water partition coefficient (Wildman–Crippen LogP) is 5.01. The lowest BCUT2D eigenvalue weighted by Crippen LogP contribution is -2.12. The molecule has 0 radical (unpaired) electrons. The van der Waals surface area contributed by atoms with E-state index >= 15 is 0 Å². The molecule has 2 aromatic carbocycles. The number of aliphatic imine (C=N–C) groups is 1. The standard InChI is InChI=1S/C21H14F4N2O5S/c1-2-32-20(31)11(19(30)10-6-12(22)17(24)18(25)16(10)23)7-26-21-27-13(8-33-21)9-3-4-14(28)15(29)5-9/h3-8,28-30H,2H2,1H3/b19-11-,26-7-. The van der Waals surface area contributed by atoms with Gasteiger partial charge in [-0.25, -0.2) is 32.3 Å². The van der Waals surface area contributed by atoms with Crippen molar-refractivity contribution in [1.82, 2.24) is 4.98 Å². The molecule has 33 heavy (non-hydrogen) atoms. The molecule has 0 unspecified atom stereocenters. The van der Waals surface area contributed by atoms with Gasteiger partial charge in [0.1, 0.15) is 11.3 Å². The van der Waals surface area contributed by atoms with Gasteiger partial charge in [0.05, 0.1) is 17.9 Å². The van der Waals surface area contributed by atoms with E-state index in [-0.39, 0.29) is 29.3 Å². The van der Waals surface area contributed by atoms with Crippen LogP contribution in [0.5, 0.6) is 11.5 Å². The van der Waals surface area contributed by atoms with Crippen LogP contribution in [-0.4, -0.2) is 39.1 Å². The first kappa shape index (κ1) is 23.7. The van der Waals surface area contributed by atoms with Crippen LogP contribution in [0.3, 0.4) is 0 Å². The Morgan fingerprint density at radius 1 is 1.12 bits per heavy atom. The van der Waals surface area contributed by atoms with Crippen LogP contribution in [0.4, 0.5) is 22.7 Å². The SMILES string of the molecule is CCOC(=O)C(/C=N\c1nc(-c2ccc(O)c(O)c2)cs1)=C(\O)c1cc(F)c(F)c(F)c1F. The molecule has 1 heterocycles. The first-order valence-electron chi connectivity index (χ1n) is 9.09. The van der Waals surface area contributed by atoms with Gasteiger partial charge in [0.2, 0.25) is 5.13 Å². The normalized spacial score (nSPS) is 12.2. The quantitative estimate of drug-likeness (QED) is 0.0666. The van der Waals surface area contributed by atoms with E-state index in [0.717, 1.165) is 17.6 Å². The zero-order chi connectivity index (χ0) is 24.3. The van der Waals surface area contributed by atoms with Gasteiger partial charge in [-0.2, -0.15) is 0 Å². The fourth-order valence-corrected chi connectivity index (χ4v) is 3.24. The van der Waals surface area contributed by atoms with E-state index in [0.29, 0.717) is 11.3 Å². The molecule has 1 aromatic heterocycles. The molecule has 0 atom stereocenters. The van der Waals surface area contributed by atoms with Gasteiger partial charge in [0.15, 0.2) is 34.8 Å². The van der Waals surface area contributed by atoms with E-state index in [1.54, 1.807) is 0 Å². The Kier molecular flexibility index (Phi) is 6.97. The maximum atomic E-state index is 14.1. The average Bonchev–Trinajstić information content (AvgIpc) is 3.26. The minimum atomic E-state index is -2.17. The Morgan fingerprint density at radius 2 is 1.85 bits per heavy atom. The third kappa shape index (κ3) is 4.95. The Hall–Kier alpha value is -3.93. The zero-order valence-corrected chi connectivity index (χ0v) is 17.5. The second kappa shape index (κ2) is 9.69. The number of rotatable bonds is 6. The van der Waals surface area contributed by atoms with E-state index in [1.807, 2.05) is 0 Å². The maximum absolute atomic E-state index is 14.1. The first-order chi connectivity index (χ1) is 15.6. The third-order valence-corrected chi connectivity index (χ3v) is 4.92. The number of carbonyl (C=O) groups excluding carboxylic acids is 1. The summed E-state index contributed by atoms with van der Waals surface area (Å²) in [5.74, 6) is -11.1. The van der Waals surface area contributed by atoms with Crippen molar-refractivity contribution in [2.24, 2.45) is 4.99 Å². The number of benzene rings is 2. The fourth-order valence-electron chi connectivity index (χ4n) is 2.57. The topological polar surface area (TPSA) is 112 Å². The molecule has 0 amide bonds. The van der Waals surface area contributed by atoms with Gasteiger partial charge in [0, 0.05) is 17.2 Å². The van der Waals surface area contributed by atoms with E-state index < -0.39 is 46.1 Å². The molecule has 12 heteroatoms. The second-order valence-electron chi connectivity index (χ2n) is 6.31. The molecule has 0 bridgehead atoms. The molecule has 0 aliphatic heterocycles. The van der Waals surface area contributed by atoms with Crippen molar-refractivity contribution in [3.63, 3.8) is 0 Å². The molecule has 0 fully saturated rings. The number of ether oxygens (including phenoxy) is 1. The number of aliphatic hydroxyl groups is 1. The van der Waals surface area contributed by atoms with E-state index in [2.05, 4.69) is 9.98 Å². The van der Waals surface area contributed by atoms with Crippen molar-refractivity contribution in [3.05, 3.63) is 64.1 Å². The highest BCUT2D eigenvalue weighted by atomic mass is 32.1. The monoisotopic (exact) mass is 482 g/mol. The molecule has 0 saturated carbocycles. The maximum Gasteiger partial charge on any atom is 0.343 e. The van der Waals surface area contributed by atoms with Gasteiger partial charge in [-0.15, -0.1) is 11.3 Å². The zero-order valence-electron chi connectivity index (χ0n) is 16.6. The molecule has 0 spiro atoms. The molecule has 0 aliphatic rings. The number of thiazole rings is 1. The summed E-state index contributed by atoms with van der Waals surface area (Å²) in [6, 6.07) is 4.18. The van der Waals surface area contributed by atoms with Crippen molar-refractivity contribution in [1.29, 1.82) is 0 Å². The van der Waals surface area contributed by atoms with Crippen LogP contribution in [0, 0.1) is 23.3 Å². The van der Waals surface area contributed by atoms with Crippen molar-refractivity contribution in [3.8, 4) is 22.8 Å². The number of phenols is 2. The molecule has 0 aliphatic carbocycles. The number of halogens is 4. The molecular formula is C21H14F4N2O5S. The molecule has 172 valence electrons. The van der Waals surface area contributed by atoms with Crippen LogP contribution in [0.1, 0.15) is 12.5 Å². The summed E-state index contributed by atoms with van der Waals surface area (Å²) in [6.07, 6.45) is 0.753. The molecular weight excluding hydrogens is 468 g/mol. The highest BCUT2D eigenvalue weighted by Crippen LogP contribution is 2.33. The Morgan fingerprint density at radius 3 is 2.52 bits per heavy atom. The lowest BCUT2D eigenvalue weighted by atomic mass is 10.1. The highest BCUT2D eigenvalue weighted by Gasteiger charge is 2.25. The fraction of sp³-hybridized carbons (Fsp3) is 0.0952. The van der Waals surface area contributed by atoms with E-state index in [1.165, 1.54) is 30.5 Å². The number of carbonyl (C=O) groups is 1. The van der Waals surface area contributed by atoms with Gasteiger partial charge in [-0.05, 0) is 31.2 Å². The summed E-state index contributed by atoms with van der Waals surface area (Å²) >= 11 is 0.986. The number of hydrogen-bond acceptors (Lipinski definition) is 8.